The molecule has 0 aliphatic carbocycles. The molecule has 26 heavy (non-hydrogen) atoms. The molecule has 0 atom stereocenters. The average molecular weight is 370 g/mol. The molecule has 0 N–H and O–H groups in total. The van der Waals surface area contributed by atoms with Crippen molar-refractivity contribution in [3.05, 3.63) is 76.6 Å². The van der Waals surface area contributed by atoms with Gasteiger partial charge >= 0.3 is 5.97 Å². The van der Waals surface area contributed by atoms with Gasteiger partial charge in [-0.1, -0.05) is 11.6 Å². The number of carbonyl (C=O) groups excluding carboxylic acids is 2. The largest absolute Gasteiger partial charge is 0.453 e. The minimum Gasteiger partial charge on any atom is -0.453 e. The number of benzene rings is 1. The molecule has 2 heterocycles. The second-order valence-corrected chi connectivity index (χ2v) is 6.12. The number of hydrogen-bond donors (Lipinski definition) is 0. The molecule has 0 saturated carbocycles. The SMILES string of the molecule is Cc1cc(C(=O)COC(=O)c2cnccn2)c(C)n1-c1ccc(Cl)cc1. The Hall–Kier alpha value is -2.99. The summed E-state index contributed by atoms with van der Waals surface area (Å²) in [7, 11) is 0. The highest BCUT2D eigenvalue weighted by atomic mass is 35.5. The van der Waals surface area contributed by atoms with Crippen molar-refractivity contribution in [3.8, 4) is 5.69 Å². The summed E-state index contributed by atoms with van der Waals surface area (Å²) in [5.41, 5.74) is 3.13. The van der Waals surface area contributed by atoms with E-state index < -0.39 is 5.97 Å². The van der Waals surface area contributed by atoms with Gasteiger partial charge in [0.05, 0.1) is 6.20 Å². The van der Waals surface area contributed by atoms with Crippen LogP contribution in [0.2, 0.25) is 5.02 Å². The molecule has 0 amide bonds. The molecule has 7 heteroatoms. The molecule has 3 aromatic rings. The summed E-state index contributed by atoms with van der Waals surface area (Å²) in [6.45, 7) is 3.39. The molecular weight excluding hydrogens is 354 g/mol. The fourth-order valence-corrected chi connectivity index (χ4v) is 2.85. The monoisotopic (exact) mass is 369 g/mol. The molecule has 0 unspecified atom stereocenters. The van der Waals surface area contributed by atoms with Crippen LogP contribution < -0.4 is 0 Å². The number of aromatic nitrogens is 3. The Morgan fingerprint density at radius 3 is 2.54 bits per heavy atom. The van der Waals surface area contributed by atoms with Crippen molar-refractivity contribution in [3.63, 3.8) is 0 Å². The number of esters is 1. The van der Waals surface area contributed by atoms with Gasteiger partial charge in [0.1, 0.15) is 0 Å². The summed E-state index contributed by atoms with van der Waals surface area (Å²) in [6, 6.07) is 9.12. The molecule has 0 aliphatic heterocycles. The molecule has 0 aliphatic rings. The Balaban J connectivity index is 1.77. The fraction of sp³-hybridized carbons (Fsp3) is 0.158. The summed E-state index contributed by atoms with van der Waals surface area (Å²) in [6.07, 6.45) is 4.13. The average Bonchev–Trinajstić information content (AvgIpc) is 2.95. The van der Waals surface area contributed by atoms with Crippen LogP contribution in [0.25, 0.3) is 5.69 Å². The third-order valence-electron chi connectivity index (χ3n) is 3.92. The number of rotatable bonds is 5. The highest BCUT2D eigenvalue weighted by Crippen LogP contribution is 2.22. The molecule has 3 rings (SSSR count). The van der Waals surface area contributed by atoms with E-state index in [-0.39, 0.29) is 18.1 Å². The number of halogens is 1. The molecule has 0 spiro atoms. The van der Waals surface area contributed by atoms with Gasteiger partial charge in [0, 0.05) is 40.1 Å². The summed E-state index contributed by atoms with van der Waals surface area (Å²) in [5.74, 6) is -0.964. The number of hydrogen-bond acceptors (Lipinski definition) is 5. The van der Waals surface area contributed by atoms with E-state index in [0.717, 1.165) is 17.1 Å². The number of ether oxygens (including phenoxy) is 1. The van der Waals surface area contributed by atoms with E-state index in [1.807, 2.05) is 30.5 Å². The lowest BCUT2D eigenvalue weighted by molar-refractivity contribution is 0.0468. The molecular formula is C19H16ClN3O3. The van der Waals surface area contributed by atoms with Crippen LogP contribution >= 0.6 is 11.6 Å². The maximum atomic E-state index is 12.5. The Kier molecular flexibility index (Phi) is 5.14. The molecule has 0 bridgehead atoms. The first-order valence-electron chi connectivity index (χ1n) is 7.88. The maximum Gasteiger partial charge on any atom is 0.358 e. The summed E-state index contributed by atoms with van der Waals surface area (Å²) < 4.78 is 7.00. The highest BCUT2D eigenvalue weighted by molar-refractivity contribution is 6.30. The Morgan fingerprint density at radius 2 is 1.88 bits per heavy atom. The normalized spacial score (nSPS) is 10.6. The second kappa shape index (κ2) is 7.49. The number of Topliss-reactive ketones (excluding diaryl/α,β-unsaturated/α-hetero) is 1. The Labute approximate surface area is 155 Å². The Bertz CT molecular complexity index is 950. The summed E-state index contributed by atoms with van der Waals surface area (Å²) >= 11 is 5.93. The van der Waals surface area contributed by atoms with Crippen LogP contribution in [0.5, 0.6) is 0 Å². The smallest absolute Gasteiger partial charge is 0.358 e. The van der Waals surface area contributed by atoms with Gasteiger partial charge in [-0.3, -0.25) is 9.78 Å². The zero-order chi connectivity index (χ0) is 18.7. The lowest BCUT2D eigenvalue weighted by Gasteiger charge is -2.10. The van der Waals surface area contributed by atoms with Gasteiger partial charge < -0.3 is 9.30 Å². The van der Waals surface area contributed by atoms with Crippen LogP contribution in [0.4, 0.5) is 0 Å². The van der Waals surface area contributed by atoms with Gasteiger partial charge in [-0.05, 0) is 44.2 Å². The maximum absolute atomic E-state index is 12.5. The number of aryl methyl sites for hydroxylation is 1. The lowest BCUT2D eigenvalue weighted by Crippen LogP contribution is -2.16. The first-order valence-corrected chi connectivity index (χ1v) is 8.26. The molecule has 0 fully saturated rings. The van der Waals surface area contributed by atoms with Crippen molar-refractivity contribution in [2.24, 2.45) is 0 Å². The van der Waals surface area contributed by atoms with E-state index in [2.05, 4.69) is 9.97 Å². The summed E-state index contributed by atoms with van der Waals surface area (Å²) in [4.78, 5) is 32.0. The van der Waals surface area contributed by atoms with Crippen molar-refractivity contribution in [2.75, 3.05) is 6.61 Å². The molecule has 2 aromatic heterocycles. The standard InChI is InChI=1S/C19H16ClN3O3/c1-12-9-16(13(2)23(12)15-5-3-14(20)4-6-15)18(24)11-26-19(25)17-10-21-7-8-22-17/h3-10H,11H2,1-2H3. The highest BCUT2D eigenvalue weighted by Gasteiger charge is 2.19. The van der Waals surface area contributed by atoms with E-state index in [1.165, 1.54) is 18.6 Å². The van der Waals surface area contributed by atoms with Gasteiger partial charge in [-0.15, -0.1) is 0 Å². The van der Waals surface area contributed by atoms with Crippen LogP contribution in [-0.2, 0) is 4.74 Å². The zero-order valence-corrected chi connectivity index (χ0v) is 15.0. The molecule has 132 valence electrons. The van der Waals surface area contributed by atoms with E-state index >= 15 is 0 Å². The van der Waals surface area contributed by atoms with Crippen LogP contribution in [-0.4, -0.2) is 32.9 Å². The van der Waals surface area contributed by atoms with Gasteiger partial charge in [0.25, 0.3) is 0 Å². The van der Waals surface area contributed by atoms with Gasteiger partial charge in [0.2, 0.25) is 5.78 Å². The minimum absolute atomic E-state index is 0.0620. The quantitative estimate of drug-likeness (QED) is 0.507. The van der Waals surface area contributed by atoms with Crippen LogP contribution in [0, 0.1) is 13.8 Å². The predicted molar refractivity (Wildman–Crippen MR) is 96.9 cm³/mol. The van der Waals surface area contributed by atoms with Gasteiger partial charge in [-0.25, -0.2) is 9.78 Å². The van der Waals surface area contributed by atoms with Crippen molar-refractivity contribution in [2.45, 2.75) is 13.8 Å². The third-order valence-corrected chi connectivity index (χ3v) is 4.18. The van der Waals surface area contributed by atoms with Crippen molar-refractivity contribution < 1.29 is 14.3 Å². The van der Waals surface area contributed by atoms with E-state index in [0.29, 0.717) is 10.6 Å². The number of carbonyl (C=O) groups is 2. The molecule has 1 aromatic carbocycles. The number of nitrogens with zero attached hydrogens (tertiary/aromatic N) is 3. The third kappa shape index (κ3) is 3.65. The second-order valence-electron chi connectivity index (χ2n) is 5.69. The van der Waals surface area contributed by atoms with E-state index in [4.69, 9.17) is 16.3 Å². The predicted octanol–water partition coefficient (Wildman–Crippen LogP) is 3.58. The Morgan fingerprint density at radius 1 is 1.15 bits per heavy atom. The molecule has 6 nitrogen and oxygen atoms in total. The minimum atomic E-state index is -0.682. The van der Waals surface area contributed by atoms with Crippen LogP contribution in [0.1, 0.15) is 32.2 Å². The van der Waals surface area contributed by atoms with E-state index in [9.17, 15) is 9.59 Å². The van der Waals surface area contributed by atoms with Gasteiger partial charge in [0.15, 0.2) is 12.3 Å². The van der Waals surface area contributed by atoms with Gasteiger partial charge in [-0.2, -0.15) is 0 Å². The fourth-order valence-electron chi connectivity index (χ4n) is 2.72. The van der Waals surface area contributed by atoms with Crippen molar-refractivity contribution >= 4 is 23.4 Å². The zero-order valence-electron chi connectivity index (χ0n) is 14.3. The topological polar surface area (TPSA) is 74.1 Å². The first-order chi connectivity index (χ1) is 12.5. The molecule has 0 radical (unpaired) electrons. The lowest BCUT2D eigenvalue weighted by atomic mass is 10.1. The van der Waals surface area contributed by atoms with Crippen molar-refractivity contribution in [1.29, 1.82) is 0 Å². The van der Waals surface area contributed by atoms with Crippen LogP contribution in [0.15, 0.2) is 48.9 Å². The van der Waals surface area contributed by atoms with Crippen LogP contribution in [0.3, 0.4) is 0 Å². The number of ketones is 1. The van der Waals surface area contributed by atoms with Crippen molar-refractivity contribution in [1.82, 2.24) is 14.5 Å². The first kappa shape index (κ1) is 17.8. The van der Waals surface area contributed by atoms with E-state index in [1.54, 1.807) is 18.2 Å². The summed E-state index contributed by atoms with van der Waals surface area (Å²) in [5, 5.41) is 0.642. The molecule has 0 saturated heterocycles.